The van der Waals surface area contributed by atoms with Gasteiger partial charge >= 0.3 is 0 Å². The minimum absolute atomic E-state index is 0.155. The summed E-state index contributed by atoms with van der Waals surface area (Å²) in [6, 6.07) is 0.330. The van der Waals surface area contributed by atoms with Gasteiger partial charge in [0.15, 0.2) is 0 Å². The zero-order valence-corrected chi connectivity index (χ0v) is 11.6. The van der Waals surface area contributed by atoms with Crippen LogP contribution in [0.1, 0.15) is 51.9 Å². The second-order valence-electron chi connectivity index (χ2n) is 6.05. The molecule has 1 aliphatic carbocycles. The van der Waals surface area contributed by atoms with E-state index in [0.717, 1.165) is 32.4 Å². The van der Waals surface area contributed by atoms with E-state index in [1.54, 1.807) is 0 Å². The summed E-state index contributed by atoms with van der Waals surface area (Å²) in [4.78, 5) is 14.5. The van der Waals surface area contributed by atoms with Crippen molar-refractivity contribution in [3.63, 3.8) is 0 Å². The van der Waals surface area contributed by atoms with Crippen LogP contribution >= 0.6 is 0 Å². The van der Waals surface area contributed by atoms with Gasteiger partial charge in [-0.25, -0.2) is 0 Å². The second kappa shape index (κ2) is 6.02. The van der Waals surface area contributed by atoms with Crippen molar-refractivity contribution >= 4 is 5.91 Å². The lowest BCUT2D eigenvalue weighted by Gasteiger charge is -2.33. The van der Waals surface area contributed by atoms with Crippen molar-refractivity contribution in [1.82, 2.24) is 10.2 Å². The zero-order valence-electron chi connectivity index (χ0n) is 11.6. The molecular weight excluding hydrogens is 226 g/mol. The van der Waals surface area contributed by atoms with Crippen molar-refractivity contribution in [2.24, 2.45) is 5.73 Å². The van der Waals surface area contributed by atoms with Crippen molar-refractivity contribution in [1.29, 1.82) is 0 Å². The van der Waals surface area contributed by atoms with Crippen molar-refractivity contribution < 1.29 is 4.79 Å². The van der Waals surface area contributed by atoms with Gasteiger partial charge in [-0.3, -0.25) is 4.79 Å². The monoisotopic (exact) mass is 253 g/mol. The first-order chi connectivity index (χ1) is 8.61. The summed E-state index contributed by atoms with van der Waals surface area (Å²) in [7, 11) is 0. The van der Waals surface area contributed by atoms with Crippen molar-refractivity contribution in [2.45, 2.75) is 63.5 Å². The maximum atomic E-state index is 12.1. The third kappa shape index (κ3) is 3.69. The van der Waals surface area contributed by atoms with Gasteiger partial charge in [-0.05, 0) is 38.8 Å². The lowest BCUT2D eigenvalue weighted by molar-refractivity contribution is -0.123. The molecule has 2 aliphatic rings. The average molecular weight is 253 g/mol. The summed E-state index contributed by atoms with van der Waals surface area (Å²) < 4.78 is 0. The third-order valence-electron chi connectivity index (χ3n) is 4.43. The molecule has 2 fully saturated rings. The molecule has 1 atom stereocenters. The molecule has 1 amide bonds. The standard InChI is InChI=1S/C14H27N3O/c1-2-17-9-5-6-12(11-17)16-13(18)10-14(15)7-3-4-8-14/h12H,2-11,15H2,1H3,(H,16,18). The number of nitrogens with zero attached hydrogens (tertiary/aromatic N) is 1. The normalized spacial score (nSPS) is 28.2. The molecule has 4 nitrogen and oxygen atoms in total. The Morgan fingerprint density at radius 1 is 1.39 bits per heavy atom. The lowest BCUT2D eigenvalue weighted by Crippen LogP contribution is -2.50. The molecule has 104 valence electrons. The van der Waals surface area contributed by atoms with Crippen LogP contribution in [0.5, 0.6) is 0 Å². The summed E-state index contributed by atoms with van der Waals surface area (Å²) in [6.07, 6.45) is 7.17. The van der Waals surface area contributed by atoms with E-state index in [2.05, 4.69) is 17.1 Å². The number of hydrogen-bond acceptors (Lipinski definition) is 3. The van der Waals surface area contributed by atoms with Gasteiger partial charge in [-0.1, -0.05) is 19.8 Å². The van der Waals surface area contributed by atoms with Crippen LogP contribution in [0, 0.1) is 0 Å². The van der Waals surface area contributed by atoms with E-state index in [-0.39, 0.29) is 11.4 Å². The number of carbonyl (C=O) groups is 1. The summed E-state index contributed by atoms with van der Waals surface area (Å²) in [5, 5.41) is 3.17. The highest BCUT2D eigenvalue weighted by atomic mass is 16.1. The summed E-state index contributed by atoms with van der Waals surface area (Å²) in [5.74, 6) is 0.155. The number of carbonyl (C=O) groups excluding carboxylic acids is 1. The fraction of sp³-hybridized carbons (Fsp3) is 0.929. The number of piperidine rings is 1. The molecule has 0 bridgehead atoms. The Morgan fingerprint density at radius 3 is 2.78 bits per heavy atom. The Kier molecular flexibility index (Phi) is 4.62. The highest BCUT2D eigenvalue weighted by Gasteiger charge is 2.32. The zero-order chi connectivity index (χ0) is 13.0. The highest BCUT2D eigenvalue weighted by molar-refractivity contribution is 5.77. The minimum atomic E-state index is -0.219. The topological polar surface area (TPSA) is 58.4 Å². The van der Waals surface area contributed by atoms with Gasteiger partial charge < -0.3 is 16.0 Å². The molecule has 0 aromatic heterocycles. The van der Waals surface area contributed by atoms with E-state index in [9.17, 15) is 4.79 Å². The van der Waals surface area contributed by atoms with Crippen molar-refractivity contribution in [3.05, 3.63) is 0 Å². The Morgan fingerprint density at radius 2 is 2.11 bits per heavy atom. The van der Waals surface area contributed by atoms with Crippen LogP contribution in [-0.4, -0.2) is 42.0 Å². The van der Waals surface area contributed by atoms with Gasteiger partial charge in [-0.15, -0.1) is 0 Å². The molecule has 1 saturated carbocycles. The predicted octanol–water partition coefficient (Wildman–Crippen LogP) is 1.25. The number of rotatable bonds is 4. The molecule has 0 spiro atoms. The first-order valence-electron chi connectivity index (χ1n) is 7.42. The average Bonchev–Trinajstić information content (AvgIpc) is 2.75. The first-order valence-corrected chi connectivity index (χ1v) is 7.42. The summed E-state index contributed by atoms with van der Waals surface area (Å²) in [5.41, 5.74) is 6.03. The molecule has 18 heavy (non-hydrogen) atoms. The minimum Gasteiger partial charge on any atom is -0.352 e. The Bertz CT molecular complexity index is 287. The Balaban J connectivity index is 1.76. The van der Waals surface area contributed by atoms with E-state index in [1.807, 2.05) is 0 Å². The molecule has 4 heteroatoms. The van der Waals surface area contributed by atoms with Crippen LogP contribution in [0.4, 0.5) is 0 Å². The maximum Gasteiger partial charge on any atom is 0.222 e. The molecule has 0 radical (unpaired) electrons. The number of likely N-dealkylation sites (tertiary alicyclic amines) is 1. The molecule has 1 heterocycles. The van der Waals surface area contributed by atoms with E-state index in [4.69, 9.17) is 5.73 Å². The van der Waals surface area contributed by atoms with Crippen molar-refractivity contribution in [3.8, 4) is 0 Å². The van der Waals surface area contributed by atoms with E-state index in [0.29, 0.717) is 12.5 Å². The van der Waals surface area contributed by atoms with Gasteiger partial charge in [0.05, 0.1) is 0 Å². The van der Waals surface area contributed by atoms with Crippen LogP contribution in [0.3, 0.4) is 0 Å². The van der Waals surface area contributed by atoms with Gasteiger partial charge in [-0.2, -0.15) is 0 Å². The number of nitrogens with two attached hydrogens (primary N) is 1. The summed E-state index contributed by atoms with van der Waals surface area (Å²) in [6.45, 7) is 5.42. The van der Waals surface area contributed by atoms with Gasteiger partial charge in [0.25, 0.3) is 0 Å². The molecule has 3 N–H and O–H groups in total. The Hall–Kier alpha value is -0.610. The molecule has 1 saturated heterocycles. The van der Waals surface area contributed by atoms with Gasteiger partial charge in [0.1, 0.15) is 0 Å². The Labute approximate surface area is 110 Å². The van der Waals surface area contributed by atoms with E-state index in [1.165, 1.54) is 25.8 Å². The second-order valence-corrected chi connectivity index (χ2v) is 6.05. The molecule has 2 rings (SSSR count). The van der Waals surface area contributed by atoms with E-state index < -0.39 is 0 Å². The van der Waals surface area contributed by atoms with Crippen LogP contribution < -0.4 is 11.1 Å². The van der Waals surface area contributed by atoms with Crippen LogP contribution in [-0.2, 0) is 4.79 Å². The predicted molar refractivity (Wildman–Crippen MR) is 73.3 cm³/mol. The lowest BCUT2D eigenvalue weighted by atomic mass is 9.94. The largest absolute Gasteiger partial charge is 0.352 e. The summed E-state index contributed by atoms with van der Waals surface area (Å²) >= 11 is 0. The number of amides is 1. The molecular formula is C14H27N3O. The SMILES string of the molecule is CCN1CCCC(NC(=O)CC2(N)CCCC2)C1. The van der Waals surface area contributed by atoms with Crippen LogP contribution in [0.2, 0.25) is 0 Å². The van der Waals surface area contributed by atoms with E-state index >= 15 is 0 Å². The van der Waals surface area contributed by atoms with Crippen LogP contribution in [0.25, 0.3) is 0 Å². The molecule has 0 aromatic carbocycles. The number of hydrogen-bond donors (Lipinski definition) is 2. The highest BCUT2D eigenvalue weighted by Crippen LogP contribution is 2.29. The maximum absolute atomic E-state index is 12.1. The first kappa shape index (κ1) is 13.8. The fourth-order valence-corrected chi connectivity index (χ4v) is 3.31. The smallest absolute Gasteiger partial charge is 0.222 e. The quantitative estimate of drug-likeness (QED) is 0.793. The molecule has 1 aliphatic heterocycles. The van der Waals surface area contributed by atoms with Gasteiger partial charge in [0.2, 0.25) is 5.91 Å². The number of likely N-dealkylation sites (N-methyl/N-ethyl adjacent to an activating group) is 1. The number of nitrogens with one attached hydrogen (secondary N) is 1. The van der Waals surface area contributed by atoms with Crippen LogP contribution in [0.15, 0.2) is 0 Å². The molecule has 0 aromatic rings. The van der Waals surface area contributed by atoms with Crippen molar-refractivity contribution in [2.75, 3.05) is 19.6 Å². The van der Waals surface area contributed by atoms with Gasteiger partial charge in [0, 0.05) is 24.5 Å². The third-order valence-corrected chi connectivity index (χ3v) is 4.43. The molecule has 1 unspecified atom stereocenters. The fourth-order valence-electron chi connectivity index (χ4n) is 3.31.